The molecule has 3 aromatic rings. The molecule has 0 bridgehead atoms. The third-order valence-electron chi connectivity index (χ3n) is 7.96. The Hall–Kier alpha value is -3.58. The molecular formula is C29H26F3N3O5S2. The maximum absolute atomic E-state index is 13.9. The first kappa shape index (κ1) is 28.5. The normalized spacial score (nSPS) is 22.2. The minimum Gasteiger partial charge on any atom is -0.497 e. The van der Waals surface area contributed by atoms with Crippen LogP contribution in [0.2, 0.25) is 0 Å². The van der Waals surface area contributed by atoms with Crippen molar-refractivity contribution in [3.63, 3.8) is 0 Å². The van der Waals surface area contributed by atoms with Gasteiger partial charge < -0.3 is 9.64 Å². The van der Waals surface area contributed by atoms with Crippen LogP contribution in [0.4, 0.5) is 18.9 Å². The van der Waals surface area contributed by atoms with Crippen LogP contribution in [0.5, 0.6) is 5.75 Å². The molecule has 220 valence electrons. The average Bonchev–Trinajstić information content (AvgIpc) is 3.43. The summed E-state index contributed by atoms with van der Waals surface area (Å²) < 4.78 is 47.1. The van der Waals surface area contributed by atoms with Gasteiger partial charge >= 0.3 is 11.0 Å². The third kappa shape index (κ3) is 4.91. The zero-order valence-electron chi connectivity index (χ0n) is 22.4. The summed E-state index contributed by atoms with van der Waals surface area (Å²) in [6, 6.07) is 11.1. The summed E-state index contributed by atoms with van der Waals surface area (Å²) in [5.74, 6) is -2.62. The molecule has 4 heterocycles. The zero-order valence-corrected chi connectivity index (χ0v) is 24.1. The fourth-order valence-corrected chi connectivity index (χ4v) is 8.65. The smallest absolute Gasteiger partial charge is 0.416 e. The SMILES string of the molecule is COc1ccc([C@H]2c3sc(=O)n(CC(=O)N4CCCCC4)c3SC3C(=O)N(c4cccc(C(F)(F)F)c4)C(=O)C32)cc1. The van der Waals surface area contributed by atoms with Gasteiger partial charge in [-0.05, 0) is 55.2 Å². The third-order valence-corrected chi connectivity index (χ3v) is 10.6. The number of fused-ring (bicyclic) bond motifs is 2. The van der Waals surface area contributed by atoms with E-state index in [0.717, 1.165) is 65.5 Å². The minimum atomic E-state index is -4.66. The van der Waals surface area contributed by atoms with Crippen molar-refractivity contribution in [3.05, 3.63) is 74.2 Å². The highest BCUT2D eigenvalue weighted by Crippen LogP contribution is 2.54. The Morgan fingerprint density at radius 1 is 1.00 bits per heavy atom. The van der Waals surface area contributed by atoms with E-state index in [-0.39, 0.29) is 23.0 Å². The number of hydrogen-bond donors (Lipinski definition) is 0. The monoisotopic (exact) mass is 617 g/mol. The number of halogens is 3. The molecule has 8 nitrogen and oxygen atoms in total. The molecule has 3 amide bonds. The van der Waals surface area contributed by atoms with E-state index < -0.39 is 40.6 Å². The Morgan fingerprint density at radius 3 is 2.38 bits per heavy atom. The standard InChI is InChI=1S/C29H26F3N3O5S2/c1-40-19-10-8-16(9-11-19)21-22-23(26(38)35(25(22)37)18-7-5-6-17(14-18)29(30,31)32)41-27-24(21)42-28(39)34(27)15-20(36)33-12-3-2-4-13-33/h5-11,14,21-23H,2-4,12-13,15H2,1H3/t21-,22?,23?/m1/s1. The maximum Gasteiger partial charge on any atom is 0.416 e. The molecule has 6 rings (SSSR count). The second-order valence-corrected chi connectivity index (χ2v) is 12.6. The molecule has 2 fully saturated rings. The lowest BCUT2D eigenvalue weighted by Crippen LogP contribution is -2.39. The zero-order chi connectivity index (χ0) is 29.8. The van der Waals surface area contributed by atoms with E-state index in [4.69, 9.17) is 4.74 Å². The van der Waals surface area contributed by atoms with Crippen molar-refractivity contribution >= 4 is 46.5 Å². The van der Waals surface area contributed by atoms with Gasteiger partial charge in [-0.3, -0.25) is 23.7 Å². The first-order valence-corrected chi connectivity index (χ1v) is 15.1. The Kier molecular flexibility index (Phi) is 7.42. The minimum absolute atomic E-state index is 0.163. The topological polar surface area (TPSA) is 88.9 Å². The van der Waals surface area contributed by atoms with Crippen molar-refractivity contribution < 1.29 is 32.3 Å². The molecule has 0 radical (unpaired) electrons. The van der Waals surface area contributed by atoms with Crippen molar-refractivity contribution in [2.75, 3.05) is 25.1 Å². The molecule has 3 atom stereocenters. The highest BCUT2D eigenvalue weighted by atomic mass is 32.2. The van der Waals surface area contributed by atoms with Gasteiger partial charge in [0, 0.05) is 23.9 Å². The predicted molar refractivity (Wildman–Crippen MR) is 151 cm³/mol. The van der Waals surface area contributed by atoms with E-state index in [1.807, 2.05) is 0 Å². The van der Waals surface area contributed by atoms with Crippen molar-refractivity contribution in [2.24, 2.45) is 5.92 Å². The van der Waals surface area contributed by atoms with Crippen LogP contribution in [0.1, 0.15) is 41.2 Å². The average molecular weight is 618 g/mol. The lowest BCUT2D eigenvalue weighted by molar-refractivity contribution is -0.137. The van der Waals surface area contributed by atoms with Crippen LogP contribution in [-0.2, 0) is 27.1 Å². The predicted octanol–water partition coefficient (Wildman–Crippen LogP) is 4.75. The number of piperidine rings is 1. The number of benzene rings is 2. The van der Waals surface area contributed by atoms with Crippen LogP contribution in [0.15, 0.2) is 58.4 Å². The van der Waals surface area contributed by atoms with E-state index in [9.17, 15) is 32.3 Å². The molecule has 0 aliphatic carbocycles. The molecule has 2 aromatic carbocycles. The van der Waals surface area contributed by atoms with Crippen LogP contribution in [0.25, 0.3) is 0 Å². The number of thioether (sulfide) groups is 1. The first-order chi connectivity index (χ1) is 20.1. The van der Waals surface area contributed by atoms with Crippen molar-refractivity contribution in [3.8, 4) is 5.75 Å². The van der Waals surface area contributed by atoms with E-state index >= 15 is 0 Å². The van der Waals surface area contributed by atoms with Crippen molar-refractivity contribution in [1.29, 1.82) is 0 Å². The van der Waals surface area contributed by atoms with Gasteiger partial charge in [0.25, 0.3) is 0 Å². The number of alkyl halides is 3. The number of ether oxygens (including phenoxy) is 1. The van der Waals surface area contributed by atoms with E-state index in [1.165, 1.54) is 17.7 Å². The molecule has 0 spiro atoms. The fraction of sp³-hybridized carbons (Fsp3) is 0.379. The van der Waals surface area contributed by atoms with Gasteiger partial charge in [-0.25, -0.2) is 4.90 Å². The second-order valence-electron chi connectivity index (χ2n) is 10.4. The number of likely N-dealkylation sites (tertiary alicyclic amines) is 1. The lowest BCUT2D eigenvalue weighted by Gasteiger charge is -2.31. The summed E-state index contributed by atoms with van der Waals surface area (Å²) in [5, 5.41) is -0.568. The van der Waals surface area contributed by atoms with E-state index in [1.54, 1.807) is 29.2 Å². The van der Waals surface area contributed by atoms with Gasteiger partial charge in [0.1, 0.15) is 17.5 Å². The molecule has 0 saturated carbocycles. The molecule has 3 aliphatic heterocycles. The summed E-state index contributed by atoms with van der Waals surface area (Å²) in [6.45, 7) is 1.04. The number of methoxy groups -OCH3 is 1. The number of nitrogens with zero attached hydrogens (tertiary/aromatic N) is 3. The van der Waals surface area contributed by atoms with Gasteiger partial charge in [0.05, 0.1) is 29.3 Å². The summed E-state index contributed by atoms with van der Waals surface area (Å²) >= 11 is 1.96. The fourth-order valence-electron chi connectivity index (χ4n) is 5.88. The van der Waals surface area contributed by atoms with Gasteiger partial charge in [-0.2, -0.15) is 13.2 Å². The Labute approximate surface area is 247 Å². The Morgan fingerprint density at radius 2 is 1.71 bits per heavy atom. The molecular weight excluding hydrogens is 591 g/mol. The van der Waals surface area contributed by atoms with Crippen LogP contribution in [0, 0.1) is 5.92 Å². The van der Waals surface area contributed by atoms with Gasteiger partial charge in [0.15, 0.2) is 0 Å². The summed E-state index contributed by atoms with van der Waals surface area (Å²) in [5.41, 5.74) is -0.488. The molecule has 2 saturated heterocycles. The summed E-state index contributed by atoms with van der Waals surface area (Å²) in [4.78, 5) is 56.9. The quantitative estimate of drug-likeness (QED) is 0.385. The van der Waals surface area contributed by atoms with Crippen LogP contribution in [-0.4, -0.2) is 52.6 Å². The summed E-state index contributed by atoms with van der Waals surface area (Å²) in [7, 11) is 1.51. The molecule has 0 N–H and O–H groups in total. The van der Waals surface area contributed by atoms with Gasteiger partial charge in [-0.1, -0.05) is 41.3 Å². The largest absolute Gasteiger partial charge is 0.497 e. The number of thiazole rings is 1. The summed E-state index contributed by atoms with van der Waals surface area (Å²) in [6.07, 6.45) is -1.83. The number of carbonyl (C=O) groups is 3. The number of carbonyl (C=O) groups excluding carboxylic acids is 3. The van der Waals surface area contributed by atoms with Gasteiger partial charge in [0.2, 0.25) is 17.7 Å². The van der Waals surface area contributed by atoms with Gasteiger partial charge in [-0.15, -0.1) is 0 Å². The number of anilines is 1. The van der Waals surface area contributed by atoms with Crippen molar-refractivity contribution in [2.45, 2.75) is 48.2 Å². The number of rotatable bonds is 5. The highest BCUT2D eigenvalue weighted by molar-refractivity contribution is 8.00. The molecule has 1 aromatic heterocycles. The molecule has 3 aliphatic rings. The number of amides is 3. The lowest BCUT2D eigenvalue weighted by atomic mass is 9.83. The molecule has 2 unspecified atom stereocenters. The number of aromatic nitrogens is 1. The second kappa shape index (κ2) is 10.9. The maximum atomic E-state index is 13.9. The van der Waals surface area contributed by atoms with E-state index in [0.29, 0.717) is 34.3 Å². The first-order valence-electron chi connectivity index (χ1n) is 13.5. The Bertz CT molecular complexity index is 1610. The number of hydrogen-bond acceptors (Lipinski definition) is 7. The molecule has 13 heteroatoms. The molecule has 42 heavy (non-hydrogen) atoms. The Balaban J connectivity index is 1.43. The van der Waals surface area contributed by atoms with Crippen LogP contribution in [0.3, 0.4) is 0 Å². The van der Waals surface area contributed by atoms with Crippen molar-refractivity contribution in [1.82, 2.24) is 9.47 Å². The number of imide groups is 1. The van der Waals surface area contributed by atoms with Crippen LogP contribution < -0.4 is 14.5 Å². The van der Waals surface area contributed by atoms with E-state index in [2.05, 4.69) is 0 Å². The van der Waals surface area contributed by atoms with Crippen LogP contribution >= 0.6 is 23.1 Å². The highest BCUT2D eigenvalue weighted by Gasteiger charge is 2.57.